The van der Waals surface area contributed by atoms with Crippen LogP contribution in [0.4, 0.5) is 0 Å². The van der Waals surface area contributed by atoms with Crippen molar-refractivity contribution < 1.29 is 0 Å². The lowest BCUT2D eigenvalue weighted by molar-refractivity contribution is 0.481. The summed E-state index contributed by atoms with van der Waals surface area (Å²) in [5.41, 5.74) is 2.78. The van der Waals surface area contributed by atoms with Gasteiger partial charge >= 0.3 is 0 Å². The SMILES string of the molecule is C=CCCC(Cc1cccc(C)c1)NCCC. The van der Waals surface area contributed by atoms with Gasteiger partial charge in [0.05, 0.1) is 0 Å². The van der Waals surface area contributed by atoms with Gasteiger partial charge in [-0.15, -0.1) is 6.58 Å². The van der Waals surface area contributed by atoms with Crippen LogP contribution in [0, 0.1) is 6.92 Å². The monoisotopic (exact) mass is 231 g/mol. The van der Waals surface area contributed by atoms with Gasteiger partial charge in [-0.2, -0.15) is 0 Å². The standard InChI is InChI=1S/C16H25N/c1-4-6-10-16(17-11-5-2)13-15-9-7-8-14(3)12-15/h4,7-9,12,16-17H,1,5-6,10-11,13H2,2-3H3. The summed E-state index contributed by atoms with van der Waals surface area (Å²) in [6.07, 6.45) is 6.59. The van der Waals surface area contributed by atoms with E-state index < -0.39 is 0 Å². The number of benzene rings is 1. The number of hydrogen-bond acceptors (Lipinski definition) is 1. The average molecular weight is 231 g/mol. The molecule has 0 amide bonds. The molecule has 0 fully saturated rings. The molecule has 0 bridgehead atoms. The van der Waals surface area contributed by atoms with Crippen LogP contribution in [0.1, 0.15) is 37.3 Å². The van der Waals surface area contributed by atoms with Gasteiger partial charge in [0.15, 0.2) is 0 Å². The highest BCUT2D eigenvalue weighted by Gasteiger charge is 2.07. The zero-order valence-electron chi connectivity index (χ0n) is 11.2. The summed E-state index contributed by atoms with van der Waals surface area (Å²) in [5.74, 6) is 0. The van der Waals surface area contributed by atoms with Crippen LogP contribution >= 0.6 is 0 Å². The van der Waals surface area contributed by atoms with Gasteiger partial charge in [0.1, 0.15) is 0 Å². The van der Waals surface area contributed by atoms with E-state index in [1.807, 2.05) is 6.08 Å². The smallest absolute Gasteiger partial charge is 0.0110 e. The number of allylic oxidation sites excluding steroid dienone is 1. The maximum atomic E-state index is 3.81. The number of rotatable bonds is 8. The second-order valence-corrected chi connectivity index (χ2v) is 4.71. The molecule has 17 heavy (non-hydrogen) atoms. The Labute approximate surface area is 106 Å². The summed E-state index contributed by atoms with van der Waals surface area (Å²) in [6.45, 7) is 9.28. The zero-order chi connectivity index (χ0) is 12.5. The van der Waals surface area contributed by atoms with E-state index in [1.165, 1.54) is 24.0 Å². The van der Waals surface area contributed by atoms with Crippen LogP contribution in [-0.2, 0) is 6.42 Å². The quantitative estimate of drug-likeness (QED) is 0.670. The molecule has 0 spiro atoms. The fourth-order valence-electron chi connectivity index (χ4n) is 2.07. The molecule has 1 rings (SSSR count). The number of nitrogens with one attached hydrogen (secondary N) is 1. The highest BCUT2D eigenvalue weighted by Crippen LogP contribution is 2.10. The Bertz CT molecular complexity index is 330. The molecule has 0 aliphatic carbocycles. The van der Waals surface area contributed by atoms with E-state index in [1.54, 1.807) is 0 Å². The van der Waals surface area contributed by atoms with Gasteiger partial charge in [0.2, 0.25) is 0 Å². The molecule has 1 N–H and O–H groups in total. The molecule has 0 heterocycles. The van der Waals surface area contributed by atoms with E-state index in [2.05, 4.69) is 50.0 Å². The molecule has 1 unspecified atom stereocenters. The van der Waals surface area contributed by atoms with Crippen molar-refractivity contribution in [2.45, 2.75) is 45.6 Å². The third kappa shape index (κ3) is 5.69. The molecule has 0 saturated heterocycles. The minimum absolute atomic E-state index is 0.578. The fourth-order valence-corrected chi connectivity index (χ4v) is 2.07. The van der Waals surface area contributed by atoms with Crippen molar-refractivity contribution >= 4 is 0 Å². The van der Waals surface area contributed by atoms with Gasteiger partial charge in [0, 0.05) is 6.04 Å². The van der Waals surface area contributed by atoms with Gasteiger partial charge < -0.3 is 5.32 Å². The van der Waals surface area contributed by atoms with Crippen molar-refractivity contribution in [2.24, 2.45) is 0 Å². The van der Waals surface area contributed by atoms with E-state index in [-0.39, 0.29) is 0 Å². The molecule has 1 heteroatoms. The lowest BCUT2D eigenvalue weighted by Gasteiger charge is -2.18. The largest absolute Gasteiger partial charge is 0.314 e. The van der Waals surface area contributed by atoms with Crippen LogP contribution < -0.4 is 5.32 Å². The number of hydrogen-bond donors (Lipinski definition) is 1. The summed E-state index contributed by atoms with van der Waals surface area (Å²) >= 11 is 0. The van der Waals surface area contributed by atoms with Gasteiger partial charge in [-0.05, 0) is 44.7 Å². The van der Waals surface area contributed by atoms with Crippen LogP contribution in [0.25, 0.3) is 0 Å². The average Bonchev–Trinajstić information content (AvgIpc) is 2.32. The Morgan fingerprint density at radius 2 is 2.24 bits per heavy atom. The topological polar surface area (TPSA) is 12.0 Å². The molecule has 1 atom stereocenters. The Morgan fingerprint density at radius 3 is 2.88 bits per heavy atom. The molecule has 94 valence electrons. The van der Waals surface area contributed by atoms with Crippen molar-refractivity contribution in [3.63, 3.8) is 0 Å². The van der Waals surface area contributed by atoms with Gasteiger partial charge in [-0.1, -0.05) is 42.8 Å². The third-order valence-electron chi connectivity index (χ3n) is 2.97. The third-order valence-corrected chi connectivity index (χ3v) is 2.97. The molecule has 1 aromatic rings. The molecular formula is C16H25N. The first-order chi connectivity index (χ1) is 8.26. The Balaban J connectivity index is 2.54. The summed E-state index contributed by atoms with van der Waals surface area (Å²) in [6, 6.07) is 9.39. The van der Waals surface area contributed by atoms with E-state index in [0.29, 0.717) is 6.04 Å². The lowest BCUT2D eigenvalue weighted by Crippen LogP contribution is -2.31. The van der Waals surface area contributed by atoms with Gasteiger partial charge in [-0.25, -0.2) is 0 Å². The lowest BCUT2D eigenvalue weighted by atomic mass is 10.0. The Morgan fingerprint density at radius 1 is 1.41 bits per heavy atom. The summed E-state index contributed by atoms with van der Waals surface area (Å²) in [4.78, 5) is 0. The molecular weight excluding hydrogens is 206 g/mol. The Kier molecular flexibility index (Phi) is 6.64. The molecule has 0 aliphatic heterocycles. The van der Waals surface area contributed by atoms with Crippen molar-refractivity contribution in [3.05, 3.63) is 48.0 Å². The predicted octanol–water partition coefficient (Wildman–Crippen LogP) is 3.87. The van der Waals surface area contributed by atoms with Crippen LogP contribution in [0.3, 0.4) is 0 Å². The molecule has 0 saturated carbocycles. The van der Waals surface area contributed by atoms with E-state index >= 15 is 0 Å². The minimum Gasteiger partial charge on any atom is -0.314 e. The zero-order valence-corrected chi connectivity index (χ0v) is 11.2. The van der Waals surface area contributed by atoms with E-state index in [9.17, 15) is 0 Å². The van der Waals surface area contributed by atoms with Crippen LogP contribution in [0.5, 0.6) is 0 Å². The van der Waals surface area contributed by atoms with Crippen LogP contribution in [0.2, 0.25) is 0 Å². The summed E-state index contributed by atoms with van der Waals surface area (Å²) in [5, 5.41) is 3.62. The molecule has 1 aromatic carbocycles. The van der Waals surface area contributed by atoms with Gasteiger partial charge in [0.25, 0.3) is 0 Å². The van der Waals surface area contributed by atoms with Crippen LogP contribution in [0.15, 0.2) is 36.9 Å². The van der Waals surface area contributed by atoms with Crippen molar-refractivity contribution in [2.75, 3.05) is 6.54 Å². The maximum Gasteiger partial charge on any atom is 0.0110 e. The summed E-state index contributed by atoms with van der Waals surface area (Å²) < 4.78 is 0. The fraction of sp³-hybridized carbons (Fsp3) is 0.500. The molecule has 0 aliphatic rings. The van der Waals surface area contributed by atoms with Crippen molar-refractivity contribution in [1.29, 1.82) is 0 Å². The Hall–Kier alpha value is -1.08. The molecule has 0 radical (unpaired) electrons. The first-order valence-electron chi connectivity index (χ1n) is 6.66. The highest BCUT2D eigenvalue weighted by atomic mass is 14.9. The minimum atomic E-state index is 0.578. The molecule has 0 aromatic heterocycles. The predicted molar refractivity (Wildman–Crippen MR) is 76.4 cm³/mol. The maximum absolute atomic E-state index is 3.81. The normalized spacial score (nSPS) is 12.4. The highest BCUT2D eigenvalue weighted by molar-refractivity contribution is 5.23. The first kappa shape index (κ1) is 14.0. The van der Waals surface area contributed by atoms with E-state index in [0.717, 1.165) is 19.4 Å². The van der Waals surface area contributed by atoms with Crippen LogP contribution in [-0.4, -0.2) is 12.6 Å². The first-order valence-corrected chi connectivity index (χ1v) is 6.66. The number of aryl methyl sites for hydroxylation is 1. The second-order valence-electron chi connectivity index (χ2n) is 4.71. The van der Waals surface area contributed by atoms with Crippen molar-refractivity contribution in [1.82, 2.24) is 5.32 Å². The van der Waals surface area contributed by atoms with Gasteiger partial charge in [-0.3, -0.25) is 0 Å². The van der Waals surface area contributed by atoms with Crippen molar-refractivity contribution in [3.8, 4) is 0 Å². The summed E-state index contributed by atoms with van der Waals surface area (Å²) in [7, 11) is 0. The van der Waals surface area contributed by atoms with E-state index in [4.69, 9.17) is 0 Å². The molecule has 1 nitrogen and oxygen atoms in total. The second kappa shape index (κ2) is 8.08.